The standard InChI is InChI=1S/C47H68Cl2N6O4Si2/c1-30-25-37(51-38-26-54(22-21-32(30)38)23-24-58-60(11,12)45(3,4)5)43(56)52-36-20-16-18-34(41(36)49)33-17-15-19-35(40(33)48)42-31(2)50-39(44(53-42)57-10)27-55-28-47(9,29-55)59-61(13,14)46(6,7)8/h15-20,25,31,42H,21-24,26-29H2,1-14H3,(H,52,56). The molecule has 1 saturated heterocycles. The van der Waals surface area contributed by atoms with Crippen LogP contribution in [0.4, 0.5) is 5.69 Å². The van der Waals surface area contributed by atoms with E-state index in [1.807, 2.05) is 36.4 Å². The molecular weight excluding hydrogens is 840 g/mol. The third-order valence-corrected chi connectivity index (χ3v) is 23.6. The van der Waals surface area contributed by atoms with Crippen LogP contribution in [0.1, 0.15) is 94.3 Å². The van der Waals surface area contributed by atoms with Crippen molar-refractivity contribution in [3.63, 3.8) is 0 Å². The monoisotopic (exact) mass is 906 g/mol. The van der Waals surface area contributed by atoms with E-state index in [1.165, 1.54) is 5.56 Å². The number of anilines is 1. The van der Waals surface area contributed by atoms with Gasteiger partial charge in [-0.2, -0.15) is 0 Å². The van der Waals surface area contributed by atoms with Gasteiger partial charge < -0.3 is 18.9 Å². The molecule has 3 aliphatic heterocycles. The smallest absolute Gasteiger partial charge is 0.274 e. The molecule has 6 rings (SSSR count). The minimum absolute atomic E-state index is 0.150. The summed E-state index contributed by atoms with van der Waals surface area (Å²) in [5, 5.41) is 4.27. The predicted molar refractivity (Wildman–Crippen MR) is 258 cm³/mol. The van der Waals surface area contributed by atoms with Gasteiger partial charge in [-0.25, -0.2) is 9.98 Å². The first-order valence-electron chi connectivity index (χ1n) is 21.7. The first-order chi connectivity index (χ1) is 28.3. The molecule has 3 aromatic rings. The minimum atomic E-state index is -1.90. The topological polar surface area (TPSA) is 101 Å². The number of aryl methyl sites for hydroxylation is 1. The number of methoxy groups -OCH3 is 1. The predicted octanol–water partition coefficient (Wildman–Crippen LogP) is 11.0. The number of aliphatic imine (C=N–C) groups is 2. The van der Waals surface area contributed by atoms with Crippen molar-refractivity contribution in [3.05, 3.63) is 80.6 Å². The van der Waals surface area contributed by atoms with E-state index in [4.69, 9.17) is 51.8 Å². The van der Waals surface area contributed by atoms with Gasteiger partial charge in [0.25, 0.3) is 5.91 Å². The summed E-state index contributed by atoms with van der Waals surface area (Å²) in [4.78, 5) is 33.6. The van der Waals surface area contributed by atoms with Crippen LogP contribution in [0, 0.1) is 6.92 Å². The number of nitrogens with zero attached hydrogens (tertiary/aromatic N) is 5. The molecule has 61 heavy (non-hydrogen) atoms. The van der Waals surface area contributed by atoms with Crippen LogP contribution in [-0.4, -0.2) is 107 Å². The molecule has 1 N–H and O–H groups in total. The van der Waals surface area contributed by atoms with E-state index in [9.17, 15) is 4.79 Å². The van der Waals surface area contributed by atoms with Crippen LogP contribution < -0.4 is 5.32 Å². The molecule has 2 aromatic carbocycles. The van der Waals surface area contributed by atoms with Crippen molar-refractivity contribution >= 4 is 63.0 Å². The number of carbonyl (C=O) groups excluding carboxylic acids is 1. The Balaban J connectivity index is 1.14. The van der Waals surface area contributed by atoms with Crippen LogP contribution >= 0.6 is 23.2 Å². The summed E-state index contributed by atoms with van der Waals surface area (Å²) in [6, 6.07) is 12.8. The Bertz CT molecular complexity index is 2190. The number of hydrogen-bond donors (Lipinski definition) is 1. The maximum absolute atomic E-state index is 13.8. The molecule has 0 aliphatic carbocycles. The van der Waals surface area contributed by atoms with E-state index < -0.39 is 16.6 Å². The summed E-state index contributed by atoms with van der Waals surface area (Å²) in [5.74, 6) is 0.195. The van der Waals surface area contributed by atoms with Crippen LogP contribution in [0.3, 0.4) is 0 Å². The van der Waals surface area contributed by atoms with Gasteiger partial charge in [0, 0.05) is 57.0 Å². The van der Waals surface area contributed by atoms with Crippen molar-refractivity contribution in [1.29, 1.82) is 0 Å². The third-order valence-electron chi connectivity index (χ3n) is 13.6. The number of fused-ring (bicyclic) bond motifs is 1. The van der Waals surface area contributed by atoms with E-state index in [0.29, 0.717) is 52.6 Å². The number of pyridine rings is 1. The summed E-state index contributed by atoms with van der Waals surface area (Å²) in [6.45, 7) is 34.6. The maximum Gasteiger partial charge on any atom is 0.274 e. The Morgan fingerprint density at radius 2 is 1.57 bits per heavy atom. The van der Waals surface area contributed by atoms with E-state index in [-0.39, 0.29) is 33.7 Å². The van der Waals surface area contributed by atoms with Gasteiger partial charge in [0.15, 0.2) is 16.6 Å². The average Bonchev–Trinajstić information content (AvgIpc) is 3.14. The van der Waals surface area contributed by atoms with Crippen LogP contribution in [0.2, 0.25) is 46.3 Å². The van der Waals surface area contributed by atoms with Crippen LogP contribution in [0.5, 0.6) is 0 Å². The van der Waals surface area contributed by atoms with Gasteiger partial charge in [-0.15, -0.1) is 0 Å². The number of aromatic nitrogens is 1. The number of nitrogens with one attached hydrogen (secondary N) is 1. The summed E-state index contributed by atoms with van der Waals surface area (Å²) in [7, 11) is -2.09. The van der Waals surface area contributed by atoms with E-state index in [0.717, 1.165) is 60.7 Å². The molecule has 2 atom stereocenters. The second kappa shape index (κ2) is 17.9. The molecule has 0 saturated carbocycles. The largest absolute Gasteiger partial charge is 0.480 e. The Morgan fingerprint density at radius 3 is 2.21 bits per heavy atom. The first kappa shape index (κ1) is 47.5. The van der Waals surface area contributed by atoms with Gasteiger partial charge in [-0.3, -0.25) is 19.6 Å². The molecule has 2 unspecified atom stereocenters. The maximum atomic E-state index is 13.8. The number of halogens is 2. The number of amides is 1. The zero-order valence-electron chi connectivity index (χ0n) is 39.0. The second-order valence-electron chi connectivity index (χ2n) is 20.6. The lowest BCUT2D eigenvalue weighted by atomic mass is 9.94. The van der Waals surface area contributed by atoms with Crippen molar-refractivity contribution in [2.75, 3.05) is 51.8 Å². The highest BCUT2D eigenvalue weighted by atomic mass is 35.5. The molecule has 1 amide bonds. The van der Waals surface area contributed by atoms with Crippen molar-refractivity contribution in [2.45, 2.75) is 129 Å². The van der Waals surface area contributed by atoms with Crippen molar-refractivity contribution in [3.8, 4) is 11.1 Å². The fraction of sp³-hybridized carbons (Fsp3) is 0.574. The number of ether oxygens (including phenoxy) is 1. The number of rotatable bonds is 12. The number of hydrogen-bond acceptors (Lipinski definition) is 9. The zero-order chi connectivity index (χ0) is 44.9. The molecule has 0 radical (unpaired) electrons. The molecule has 332 valence electrons. The molecule has 1 fully saturated rings. The number of carbonyl (C=O) groups is 1. The summed E-state index contributed by atoms with van der Waals surface area (Å²) >= 11 is 14.4. The summed E-state index contributed by atoms with van der Waals surface area (Å²) < 4.78 is 19.1. The molecular formula is C47H68Cl2N6O4Si2. The Hall–Kier alpha value is -2.95. The molecule has 1 aromatic heterocycles. The lowest BCUT2D eigenvalue weighted by Crippen LogP contribution is -2.66. The normalized spacial score (nSPS) is 20.1. The summed E-state index contributed by atoms with van der Waals surface area (Å²) in [6.07, 6.45) is 0.890. The SMILES string of the molecule is COC1=NC(c2cccc(-c3cccc(NC(=O)c4cc(C)c5c(n4)CN(CCO[Si](C)(C)C(C)(C)C)CC5)c3Cl)c2Cl)C(C)N=C1CN1CC(C)(O[Si](C)(C)C(C)(C)C)C1. The van der Waals surface area contributed by atoms with Crippen molar-refractivity contribution < 1.29 is 18.4 Å². The molecule has 10 nitrogen and oxygen atoms in total. The minimum Gasteiger partial charge on any atom is -0.480 e. The molecule has 3 aliphatic rings. The van der Waals surface area contributed by atoms with Gasteiger partial charge >= 0.3 is 0 Å². The average molecular weight is 908 g/mol. The fourth-order valence-electron chi connectivity index (χ4n) is 8.11. The second-order valence-corrected chi connectivity index (χ2v) is 30.9. The van der Waals surface area contributed by atoms with Gasteiger partial charge in [0.2, 0.25) is 5.90 Å². The van der Waals surface area contributed by atoms with Crippen LogP contribution in [-0.2, 0) is 26.6 Å². The fourth-order valence-corrected chi connectivity index (χ4v) is 11.4. The van der Waals surface area contributed by atoms with Gasteiger partial charge in [-0.1, -0.05) is 95.1 Å². The lowest BCUT2D eigenvalue weighted by Gasteiger charge is -2.53. The number of benzene rings is 2. The lowest BCUT2D eigenvalue weighted by molar-refractivity contribution is -0.0648. The highest BCUT2D eigenvalue weighted by Crippen LogP contribution is 2.44. The molecule has 0 bridgehead atoms. The third kappa shape index (κ3) is 10.4. The molecule has 14 heteroatoms. The highest BCUT2D eigenvalue weighted by molar-refractivity contribution is 6.74. The van der Waals surface area contributed by atoms with Gasteiger partial charge in [0.1, 0.15) is 17.4 Å². The van der Waals surface area contributed by atoms with Gasteiger partial charge in [0.05, 0.1) is 40.2 Å². The highest BCUT2D eigenvalue weighted by Gasteiger charge is 2.48. The number of likely N-dealkylation sites (tertiary alicyclic amines) is 1. The zero-order valence-corrected chi connectivity index (χ0v) is 42.5. The molecule has 0 spiro atoms. The van der Waals surface area contributed by atoms with E-state index in [2.05, 4.69) is 104 Å². The first-order valence-corrected chi connectivity index (χ1v) is 28.3. The van der Waals surface area contributed by atoms with Crippen LogP contribution in [0.25, 0.3) is 11.1 Å². The Kier molecular flexibility index (Phi) is 14.0. The van der Waals surface area contributed by atoms with Crippen molar-refractivity contribution in [2.24, 2.45) is 9.98 Å². The molecule has 4 heterocycles. The van der Waals surface area contributed by atoms with Crippen molar-refractivity contribution in [1.82, 2.24) is 14.8 Å². The van der Waals surface area contributed by atoms with E-state index in [1.54, 1.807) is 13.2 Å². The Morgan fingerprint density at radius 1 is 0.934 bits per heavy atom. The quantitative estimate of drug-likeness (QED) is 0.181. The van der Waals surface area contributed by atoms with E-state index >= 15 is 0 Å². The Labute approximate surface area is 377 Å². The van der Waals surface area contributed by atoms with Gasteiger partial charge in [-0.05, 0) is 92.3 Å². The summed E-state index contributed by atoms with van der Waals surface area (Å²) in [5.41, 5.74) is 6.96. The van der Waals surface area contributed by atoms with Crippen LogP contribution in [0.15, 0.2) is 52.4 Å².